The minimum absolute atomic E-state index is 0.120. The predicted octanol–water partition coefficient (Wildman–Crippen LogP) is 4.35. The number of H-pyrrole nitrogens is 1. The smallest absolute Gasteiger partial charge is 0.275 e. The van der Waals surface area contributed by atoms with Crippen LogP contribution in [-0.2, 0) is 0 Å². The van der Waals surface area contributed by atoms with Gasteiger partial charge in [0.2, 0.25) is 0 Å². The number of phenols is 1. The molecule has 2 heterocycles. The SMILES string of the molecule is CCOc1ccc2nc(NC(=O)c3cc(-c4ccc(C)cc4O)n[nH]3)sc2c1. The zero-order valence-corrected chi connectivity index (χ0v) is 16.1. The zero-order chi connectivity index (χ0) is 19.7. The summed E-state index contributed by atoms with van der Waals surface area (Å²) in [4.78, 5) is 17.0. The quantitative estimate of drug-likeness (QED) is 0.467. The predicted molar refractivity (Wildman–Crippen MR) is 109 cm³/mol. The lowest BCUT2D eigenvalue weighted by Crippen LogP contribution is -2.11. The Morgan fingerprint density at radius 3 is 2.89 bits per heavy atom. The number of ether oxygens (including phenoxy) is 1. The molecule has 0 spiro atoms. The van der Waals surface area contributed by atoms with Crippen molar-refractivity contribution >= 4 is 32.6 Å². The zero-order valence-electron chi connectivity index (χ0n) is 15.3. The summed E-state index contributed by atoms with van der Waals surface area (Å²) in [5.74, 6) is 0.539. The molecule has 0 aliphatic heterocycles. The molecule has 2 aromatic heterocycles. The van der Waals surface area contributed by atoms with Gasteiger partial charge in [-0.15, -0.1) is 0 Å². The van der Waals surface area contributed by atoms with Crippen LogP contribution < -0.4 is 10.1 Å². The lowest BCUT2D eigenvalue weighted by Gasteiger charge is -2.01. The molecule has 142 valence electrons. The van der Waals surface area contributed by atoms with Crippen molar-refractivity contribution in [1.82, 2.24) is 15.2 Å². The highest BCUT2D eigenvalue weighted by atomic mass is 32.1. The standard InChI is InChI=1S/C20H18N4O3S/c1-3-27-12-5-7-14-18(9-12)28-20(21-14)22-19(26)16-10-15(23-24-16)13-6-4-11(2)8-17(13)25/h4-10,25H,3H2,1-2H3,(H,23,24)(H,21,22,26). The Kier molecular flexibility index (Phi) is 4.70. The lowest BCUT2D eigenvalue weighted by atomic mass is 10.1. The average Bonchev–Trinajstić information content (AvgIpc) is 3.28. The lowest BCUT2D eigenvalue weighted by molar-refractivity contribution is 0.102. The third-order valence-corrected chi connectivity index (χ3v) is 5.08. The molecular formula is C20H18N4O3S. The highest BCUT2D eigenvalue weighted by Gasteiger charge is 2.15. The molecule has 3 N–H and O–H groups in total. The number of aromatic hydroxyl groups is 1. The van der Waals surface area contributed by atoms with E-state index in [0.29, 0.717) is 23.0 Å². The number of carbonyl (C=O) groups excluding carboxylic acids is 1. The van der Waals surface area contributed by atoms with Gasteiger partial charge in [0.25, 0.3) is 5.91 Å². The number of aromatic amines is 1. The van der Waals surface area contributed by atoms with Crippen molar-refractivity contribution < 1.29 is 14.6 Å². The Morgan fingerprint density at radius 1 is 1.25 bits per heavy atom. The van der Waals surface area contributed by atoms with Gasteiger partial charge >= 0.3 is 0 Å². The van der Waals surface area contributed by atoms with Gasteiger partial charge < -0.3 is 9.84 Å². The molecule has 0 saturated carbocycles. The van der Waals surface area contributed by atoms with E-state index in [1.165, 1.54) is 11.3 Å². The molecule has 0 unspecified atom stereocenters. The van der Waals surface area contributed by atoms with Crippen molar-refractivity contribution in [2.45, 2.75) is 13.8 Å². The first-order chi connectivity index (χ1) is 13.5. The average molecular weight is 394 g/mol. The van der Waals surface area contributed by atoms with Gasteiger partial charge in [0.05, 0.1) is 22.5 Å². The van der Waals surface area contributed by atoms with E-state index in [-0.39, 0.29) is 17.4 Å². The summed E-state index contributed by atoms with van der Waals surface area (Å²) in [7, 11) is 0. The third kappa shape index (κ3) is 3.54. The normalized spacial score (nSPS) is 10.9. The number of thiazole rings is 1. The Balaban J connectivity index is 1.54. The fourth-order valence-electron chi connectivity index (χ4n) is 2.81. The van der Waals surface area contributed by atoms with Crippen LogP contribution >= 0.6 is 11.3 Å². The molecule has 0 fully saturated rings. The van der Waals surface area contributed by atoms with Gasteiger partial charge in [-0.1, -0.05) is 17.4 Å². The summed E-state index contributed by atoms with van der Waals surface area (Å²) in [5, 5.41) is 20.2. The van der Waals surface area contributed by atoms with E-state index in [1.54, 1.807) is 18.2 Å². The molecule has 28 heavy (non-hydrogen) atoms. The van der Waals surface area contributed by atoms with Crippen molar-refractivity contribution in [2.24, 2.45) is 0 Å². The molecule has 8 heteroatoms. The summed E-state index contributed by atoms with van der Waals surface area (Å²) in [5.41, 5.74) is 3.07. The molecule has 4 aromatic rings. The number of carbonyl (C=O) groups is 1. The maximum Gasteiger partial charge on any atom is 0.275 e. The van der Waals surface area contributed by atoms with E-state index in [1.807, 2.05) is 38.1 Å². The first-order valence-corrected chi connectivity index (χ1v) is 9.55. The molecule has 0 saturated heterocycles. The number of fused-ring (bicyclic) bond motifs is 1. The van der Waals surface area contributed by atoms with Gasteiger partial charge in [-0.25, -0.2) is 4.98 Å². The van der Waals surface area contributed by atoms with E-state index in [2.05, 4.69) is 20.5 Å². The minimum atomic E-state index is -0.352. The highest BCUT2D eigenvalue weighted by Crippen LogP contribution is 2.31. The van der Waals surface area contributed by atoms with Gasteiger partial charge in [-0.05, 0) is 55.8 Å². The summed E-state index contributed by atoms with van der Waals surface area (Å²) in [6.45, 7) is 4.41. The maximum atomic E-state index is 12.5. The number of nitrogens with zero attached hydrogens (tertiary/aromatic N) is 2. The Morgan fingerprint density at radius 2 is 2.11 bits per heavy atom. The van der Waals surface area contributed by atoms with Crippen LogP contribution in [-0.4, -0.2) is 32.8 Å². The molecule has 0 aliphatic rings. The number of rotatable bonds is 5. The topological polar surface area (TPSA) is 100 Å². The summed E-state index contributed by atoms with van der Waals surface area (Å²) in [6.07, 6.45) is 0. The number of hydrogen-bond donors (Lipinski definition) is 3. The number of anilines is 1. The molecule has 7 nitrogen and oxygen atoms in total. The molecule has 4 rings (SSSR count). The number of phenolic OH excluding ortho intramolecular Hbond substituents is 1. The Hall–Kier alpha value is -3.39. The molecular weight excluding hydrogens is 376 g/mol. The molecule has 0 radical (unpaired) electrons. The van der Waals surface area contributed by atoms with Gasteiger partial charge in [0.1, 0.15) is 17.2 Å². The number of nitrogens with one attached hydrogen (secondary N) is 2. The summed E-state index contributed by atoms with van der Waals surface area (Å²) < 4.78 is 6.42. The van der Waals surface area contributed by atoms with Gasteiger partial charge in [-0.2, -0.15) is 5.10 Å². The van der Waals surface area contributed by atoms with Gasteiger partial charge in [0.15, 0.2) is 5.13 Å². The van der Waals surface area contributed by atoms with Crippen molar-refractivity contribution in [3.8, 4) is 22.8 Å². The minimum Gasteiger partial charge on any atom is -0.507 e. The van der Waals surface area contributed by atoms with Crippen LogP contribution in [0.2, 0.25) is 0 Å². The van der Waals surface area contributed by atoms with Crippen LogP contribution in [0, 0.1) is 6.92 Å². The first kappa shape index (κ1) is 18.0. The highest BCUT2D eigenvalue weighted by molar-refractivity contribution is 7.22. The largest absolute Gasteiger partial charge is 0.507 e. The summed E-state index contributed by atoms with van der Waals surface area (Å²) in [6, 6.07) is 12.5. The monoisotopic (exact) mass is 394 g/mol. The van der Waals surface area contributed by atoms with E-state index in [4.69, 9.17) is 4.74 Å². The molecule has 2 aromatic carbocycles. The van der Waals surface area contributed by atoms with E-state index >= 15 is 0 Å². The van der Waals surface area contributed by atoms with Crippen LogP contribution in [0.3, 0.4) is 0 Å². The van der Waals surface area contributed by atoms with Crippen molar-refractivity contribution in [3.63, 3.8) is 0 Å². The fourth-order valence-corrected chi connectivity index (χ4v) is 3.70. The Labute approximate surface area is 165 Å². The van der Waals surface area contributed by atoms with Crippen molar-refractivity contribution in [1.29, 1.82) is 0 Å². The van der Waals surface area contributed by atoms with Crippen molar-refractivity contribution in [3.05, 3.63) is 53.7 Å². The number of benzene rings is 2. The number of amides is 1. The van der Waals surface area contributed by atoms with Crippen LogP contribution in [0.15, 0.2) is 42.5 Å². The number of aryl methyl sites for hydroxylation is 1. The molecule has 1 amide bonds. The van der Waals surface area contributed by atoms with E-state index in [0.717, 1.165) is 21.5 Å². The van der Waals surface area contributed by atoms with Crippen LogP contribution in [0.25, 0.3) is 21.5 Å². The second kappa shape index (κ2) is 7.32. The van der Waals surface area contributed by atoms with Gasteiger partial charge in [0, 0.05) is 5.56 Å². The van der Waals surface area contributed by atoms with Crippen molar-refractivity contribution in [2.75, 3.05) is 11.9 Å². The maximum absolute atomic E-state index is 12.5. The molecule has 0 aliphatic carbocycles. The third-order valence-electron chi connectivity index (χ3n) is 4.14. The fraction of sp³-hybridized carbons (Fsp3) is 0.150. The molecule has 0 bridgehead atoms. The van der Waals surface area contributed by atoms with Crippen LogP contribution in [0.5, 0.6) is 11.5 Å². The van der Waals surface area contributed by atoms with Crippen LogP contribution in [0.1, 0.15) is 23.0 Å². The van der Waals surface area contributed by atoms with Crippen LogP contribution in [0.4, 0.5) is 5.13 Å². The number of hydrogen-bond acceptors (Lipinski definition) is 6. The summed E-state index contributed by atoms with van der Waals surface area (Å²) >= 11 is 1.37. The van der Waals surface area contributed by atoms with Gasteiger partial charge in [-0.3, -0.25) is 15.2 Å². The molecule has 0 atom stereocenters. The van der Waals surface area contributed by atoms with E-state index < -0.39 is 0 Å². The second-order valence-electron chi connectivity index (χ2n) is 6.22. The Bertz CT molecular complexity index is 1170. The second-order valence-corrected chi connectivity index (χ2v) is 7.25. The van der Waals surface area contributed by atoms with E-state index in [9.17, 15) is 9.90 Å². The first-order valence-electron chi connectivity index (χ1n) is 8.73. The number of aromatic nitrogens is 3.